The van der Waals surface area contributed by atoms with Crippen LogP contribution in [0.25, 0.3) is 0 Å². The first kappa shape index (κ1) is 15.4. The number of amides is 1. The summed E-state index contributed by atoms with van der Waals surface area (Å²) in [6.07, 6.45) is 1.20. The summed E-state index contributed by atoms with van der Waals surface area (Å²) in [5.41, 5.74) is -0.374. The van der Waals surface area contributed by atoms with Crippen molar-refractivity contribution < 1.29 is 14.3 Å². The molecule has 0 unspecified atom stereocenters. The third kappa shape index (κ3) is 3.17. The molecule has 1 amide bonds. The minimum atomic E-state index is -0.896. The molecular weight excluding hydrogens is 342 g/mol. The summed E-state index contributed by atoms with van der Waals surface area (Å²) < 4.78 is 5.60. The van der Waals surface area contributed by atoms with E-state index in [1.807, 2.05) is 6.07 Å². The maximum Gasteiger partial charge on any atom is 0.331 e. The number of thioether (sulfide) groups is 1. The number of hydrogen-bond donors (Lipinski definition) is 1. The van der Waals surface area contributed by atoms with Crippen molar-refractivity contribution in [1.29, 1.82) is 0 Å². The number of hydrogen-bond acceptors (Lipinski definition) is 4. The Balaban J connectivity index is 2.22. The van der Waals surface area contributed by atoms with Crippen molar-refractivity contribution in [3.63, 3.8) is 0 Å². The lowest BCUT2D eigenvalue weighted by Crippen LogP contribution is -2.57. The molecule has 1 aliphatic heterocycles. The normalized spacial score (nSPS) is 17.3. The summed E-state index contributed by atoms with van der Waals surface area (Å²) in [6.45, 7) is 0. The SMILES string of the molecule is COC(=O)C1(NC(=O)c2ccccc2Br)CCSCC1. The molecule has 1 saturated heterocycles. The van der Waals surface area contributed by atoms with E-state index in [1.54, 1.807) is 30.0 Å². The minimum Gasteiger partial charge on any atom is -0.467 e. The number of halogens is 1. The van der Waals surface area contributed by atoms with Crippen molar-refractivity contribution in [2.24, 2.45) is 0 Å². The molecule has 2 rings (SSSR count). The van der Waals surface area contributed by atoms with E-state index in [1.165, 1.54) is 7.11 Å². The van der Waals surface area contributed by atoms with Crippen molar-refractivity contribution in [1.82, 2.24) is 5.32 Å². The predicted octanol–water partition coefficient (Wildman–Crippen LogP) is 2.62. The van der Waals surface area contributed by atoms with Gasteiger partial charge in [0.15, 0.2) is 0 Å². The molecule has 1 aromatic rings. The zero-order valence-electron chi connectivity index (χ0n) is 11.1. The van der Waals surface area contributed by atoms with E-state index < -0.39 is 5.54 Å². The summed E-state index contributed by atoms with van der Waals surface area (Å²) >= 11 is 5.14. The second-order valence-corrected chi connectivity index (χ2v) is 6.70. The number of methoxy groups -OCH3 is 1. The van der Waals surface area contributed by atoms with Gasteiger partial charge in [0.2, 0.25) is 0 Å². The average Bonchev–Trinajstić information content (AvgIpc) is 2.47. The maximum absolute atomic E-state index is 12.4. The molecule has 1 fully saturated rings. The Morgan fingerprint density at radius 1 is 1.30 bits per heavy atom. The van der Waals surface area contributed by atoms with Gasteiger partial charge in [0, 0.05) is 4.47 Å². The van der Waals surface area contributed by atoms with Crippen LogP contribution in [-0.4, -0.2) is 36.0 Å². The summed E-state index contributed by atoms with van der Waals surface area (Å²) in [5, 5.41) is 2.88. The Labute approximate surface area is 130 Å². The van der Waals surface area contributed by atoms with Crippen LogP contribution in [-0.2, 0) is 9.53 Å². The monoisotopic (exact) mass is 357 g/mol. The molecule has 0 saturated carbocycles. The number of carbonyl (C=O) groups is 2. The van der Waals surface area contributed by atoms with Crippen LogP contribution < -0.4 is 5.32 Å². The van der Waals surface area contributed by atoms with Crippen molar-refractivity contribution in [3.05, 3.63) is 34.3 Å². The fourth-order valence-corrected chi connectivity index (χ4v) is 3.88. The molecule has 20 heavy (non-hydrogen) atoms. The van der Waals surface area contributed by atoms with Crippen LogP contribution in [0.15, 0.2) is 28.7 Å². The summed E-state index contributed by atoms with van der Waals surface area (Å²) in [4.78, 5) is 24.5. The van der Waals surface area contributed by atoms with Crippen molar-refractivity contribution in [2.45, 2.75) is 18.4 Å². The zero-order valence-corrected chi connectivity index (χ0v) is 13.6. The molecule has 4 nitrogen and oxygen atoms in total. The van der Waals surface area contributed by atoms with Gasteiger partial charge >= 0.3 is 5.97 Å². The first-order valence-electron chi connectivity index (χ1n) is 6.32. The summed E-state index contributed by atoms with van der Waals surface area (Å²) in [7, 11) is 1.36. The van der Waals surface area contributed by atoms with Gasteiger partial charge < -0.3 is 10.1 Å². The van der Waals surface area contributed by atoms with E-state index in [0.717, 1.165) is 11.5 Å². The van der Waals surface area contributed by atoms with Crippen LogP contribution in [0.2, 0.25) is 0 Å². The number of carbonyl (C=O) groups excluding carboxylic acids is 2. The van der Waals surface area contributed by atoms with E-state index in [2.05, 4.69) is 21.2 Å². The van der Waals surface area contributed by atoms with Crippen molar-refractivity contribution >= 4 is 39.6 Å². The van der Waals surface area contributed by atoms with E-state index in [9.17, 15) is 9.59 Å². The van der Waals surface area contributed by atoms with Gasteiger partial charge in [-0.3, -0.25) is 4.79 Å². The Hall–Kier alpha value is -1.01. The number of nitrogens with one attached hydrogen (secondary N) is 1. The number of rotatable bonds is 3. The van der Waals surface area contributed by atoms with Crippen LogP contribution in [0.4, 0.5) is 0 Å². The third-order valence-electron chi connectivity index (χ3n) is 3.39. The van der Waals surface area contributed by atoms with Gasteiger partial charge in [-0.05, 0) is 52.4 Å². The summed E-state index contributed by atoms with van der Waals surface area (Å²) in [5.74, 6) is 1.06. The lowest BCUT2D eigenvalue weighted by atomic mass is 9.91. The molecule has 0 aromatic heterocycles. The topological polar surface area (TPSA) is 55.4 Å². The Morgan fingerprint density at radius 2 is 1.95 bits per heavy atom. The molecule has 0 spiro atoms. The summed E-state index contributed by atoms with van der Waals surface area (Å²) in [6, 6.07) is 7.16. The van der Waals surface area contributed by atoms with Crippen molar-refractivity contribution in [2.75, 3.05) is 18.6 Å². The van der Waals surface area contributed by atoms with Gasteiger partial charge in [0.25, 0.3) is 5.91 Å². The van der Waals surface area contributed by atoms with Gasteiger partial charge in [-0.15, -0.1) is 0 Å². The largest absolute Gasteiger partial charge is 0.467 e. The predicted molar refractivity (Wildman–Crippen MR) is 82.9 cm³/mol. The van der Waals surface area contributed by atoms with Gasteiger partial charge in [0.05, 0.1) is 12.7 Å². The molecule has 1 heterocycles. The second-order valence-electron chi connectivity index (χ2n) is 4.62. The van der Waals surface area contributed by atoms with E-state index in [-0.39, 0.29) is 11.9 Å². The Morgan fingerprint density at radius 3 is 2.55 bits per heavy atom. The van der Waals surface area contributed by atoms with Crippen LogP contribution in [0.5, 0.6) is 0 Å². The van der Waals surface area contributed by atoms with E-state index in [0.29, 0.717) is 22.9 Å². The molecule has 108 valence electrons. The Bertz CT molecular complexity index is 515. The maximum atomic E-state index is 12.4. The lowest BCUT2D eigenvalue weighted by molar-refractivity contribution is -0.148. The van der Waals surface area contributed by atoms with Gasteiger partial charge in [-0.1, -0.05) is 12.1 Å². The first-order chi connectivity index (χ1) is 9.59. The van der Waals surface area contributed by atoms with E-state index >= 15 is 0 Å². The fourth-order valence-electron chi connectivity index (χ4n) is 2.23. The fraction of sp³-hybridized carbons (Fsp3) is 0.429. The standard InChI is InChI=1S/C14H16BrNO3S/c1-19-13(18)14(6-8-20-9-7-14)16-12(17)10-4-2-3-5-11(10)15/h2-5H,6-9H2,1H3,(H,16,17). The van der Waals surface area contributed by atoms with Crippen LogP contribution >= 0.6 is 27.7 Å². The van der Waals surface area contributed by atoms with Crippen LogP contribution in [0.3, 0.4) is 0 Å². The molecule has 0 bridgehead atoms. The van der Waals surface area contributed by atoms with Gasteiger partial charge in [-0.2, -0.15) is 11.8 Å². The highest BCUT2D eigenvalue weighted by Crippen LogP contribution is 2.29. The highest BCUT2D eigenvalue weighted by atomic mass is 79.9. The zero-order chi connectivity index (χ0) is 14.6. The highest BCUT2D eigenvalue weighted by Gasteiger charge is 2.42. The van der Waals surface area contributed by atoms with Gasteiger partial charge in [-0.25, -0.2) is 4.79 Å². The lowest BCUT2D eigenvalue weighted by Gasteiger charge is -2.35. The first-order valence-corrected chi connectivity index (χ1v) is 8.27. The molecule has 0 radical (unpaired) electrons. The average molecular weight is 358 g/mol. The molecular formula is C14H16BrNO3S. The number of ether oxygens (including phenoxy) is 1. The van der Waals surface area contributed by atoms with Crippen LogP contribution in [0, 0.1) is 0 Å². The van der Waals surface area contributed by atoms with E-state index in [4.69, 9.17) is 4.74 Å². The molecule has 1 aliphatic rings. The van der Waals surface area contributed by atoms with Crippen molar-refractivity contribution in [3.8, 4) is 0 Å². The highest BCUT2D eigenvalue weighted by molar-refractivity contribution is 9.10. The van der Waals surface area contributed by atoms with Crippen LogP contribution in [0.1, 0.15) is 23.2 Å². The quantitative estimate of drug-likeness (QED) is 0.844. The molecule has 6 heteroatoms. The molecule has 1 N–H and O–H groups in total. The number of esters is 1. The second kappa shape index (κ2) is 6.63. The molecule has 0 aliphatic carbocycles. The Kier molecular flexibility index (Phi) is 5.10. The third-order valence-corrected chi connectivity index (χ3v) is 5.07. The molecule has 1 aromatic carbocycles. The molecule has 0 atom stereocenters. The smallest absolute Gasteiger partial charge is 0.331 e. The number of benzene rings is 1. The minimum absolute atomic E-state index is 0.255. The van der Waals surface area contributed by atoms with Gasteiger partial charge in [0.1, 0.15) is 5.54 Å².